The van der Waals surface area contributed by atoms with Crippen molar-refractivity contribution in [3.63, 3.8) is 0 Å². The van der Waals surface area contributed by atoms with Gasteiger partial charge in [0.2, 0.25) is 5.91 Å². The molecular weight excluding hydrogens is 322 g/mol. The molecule has 0 radical (unpaired) electrons. The normalized spacial score (nSPS) is 13.3. The third kappa shape index (κ3) is 14.2. The van der Waals surface area contributed by atoms with Gasteiger partial charge in [0.25, 0.3) is 0 Å². The molecule has 0 bridgehead atoms. The number of hydrogen-bond donors (Lipinski definition) is 1. The van der Waals surface area contributed by atoms with Crippen LogP contribution >= 0.6 is 0 Å². The van der Waals surface area contributed by atoms with Crippen molar-refractivity contribution in [2.75, 3.05) is 6.61 Å². The molecule has 0 fully saturated rings. The van der Waals surface area contributed by atoms with Gasteiger partial charge >= 0.3 is 11.9 Å². The summed E-state index contributed by atoms with van der Waals surface area (Å²) in [5, 5.41) is 2.67. The summed E-state index contributed by atoms with van der Waals surface area (Å²) in [7, 11) is 0. The van der Waals surface area contributed by atoms with Crippen LogP contribution in [0.5, 0.6) is 0 Å². The fraction of sp³-hybridized carbons (Fsp3) is 0.737. The summed E-state index contributed by atoms with van der Waals surface area (Å²) in [6, 6.07) is -0.605. The molecule has 25 heavy (non-hydrogen) atoms. The number of hydrogen-bond acceptors (Lipinski definition) is 5. The number of rotatable bonds is 13. The molecule has 0 unspecified atom stereocenters. The highest BCUT2D eigenvalue weighted by atomic mass is 16.6. The number of amides is 1. The average molecular weight is 355 g/mol. The molecule has 1 amide bonds. The van der Waals surface area contributed by atoms with Crippen molar-refractivity contribution < 1.29 is 23.9 Å². The van der Waals surface area contributed by atoms with Gasteiger partial charge in [0, 0.05) is 20.8 Å². The first-order valence-electron chi connectivity index (χ1n) is 9.11. The summed E-state index contributed by atoms with van der Waals surface area (Å²) in [5.41, 5.74) is 0. The number of carbonyl (C=O) groups excluding carboxylic acids is 3. The summed E-state index contributed by atoms with van der Waals surface area (Å²) < 4.78 is 10.2. The maximum Gasteiger partial charge on any atom is 0.303 e. The zero-order chi connectivity index (χ0) is 19.1. The zero-order valence-corrected chi connectivity index (χ0v) is 16.0. The molecule has 0 aromatic carbocycles. The first-order chi connectivity index (χ1) is 11.9. The molecule has 0 spiro atoms. The third-order valence-corrected chi connectivity index (χ3v) is 3.60. The Balaban J connectivity index is 4.58. The lowest BCUT2D eigenvalue weighted by Crippen LogP contribution is -2.46. The van der Waals surface area contributed by atoms with E-state index in [1.54, 1.807) is 6.08 Å². The summed E-state index contributed by atoms with van der Waals surface area (Å²) in [4.78, 5) is 33.7. The number of ether oxygens (including phenoxy) is 2. The molecule has 0 saturated heterocycles. The standard InChI is InChI=1S/C19H33NO5/c1-5-6-7-8-9-10-11-12-13-19(25-17(4)23)18(20-15(2)21)14-24-16(3)22/h12-13,18-19H,5-11,14H2,1-4H3,(H,20,21)/b13-12+/t18-,19+/m0/s1. The van der Waals surface area contributed by atoms with Crippen LogP contribution in [0.3, 0.4) is 0 Å². The van der Waals surface area contributed by atoms with Crippen molar-refractivity contribution in [1.29, 1.82) is 0 Å². The van der Waals surface area contributed by atoms with E-state index in [1.165, 1.54) is 52.9 Å². The SMILES string of the molecule is CCCCCCCC/C=C/[C@@H](OC(C)=O)[C@H](COC(C)=O)NC(C)=O. The number of nitrogens with one attached hydrogen (secondary N) is 1. The highest BCUT2D eigenvalue weighted by Gasteiger charge is 2.24. The van der Waals surface area contributed by atoms with Crippen molar-refractivity contribution in [2.45, 2.75) is 84.8 Å². The summed E-state index contributed by atoms with van der Waals surface area (Å²) in [6.45, 7) is 6.12. The van der Waals surface area contributed by atoms with E-state index in [1.807, 2.05) is 6.08 Å². The van der Waals surface area contributed by atoms with E-state index in [4.69, 9.17) is 9.47 Å². The minimum absolute atomic E-state index is 0.0474. The van der Waals surface area contributed by atoms with Crippen molar-refractivity contribution in [2.24, 2.45) is 0 Å². The minimum Gasteiger partial charge on any atom is -0.464 e. The minimum atomic E-state index is -0.666. The summed E-state index contributed by atoms with van der Waals surface area (Å²) >= 11 is 0. The van der Waals surface area contributed by atoms with Crippen LogP contribution in [0.2, 0.25) is 0 Å². The van der Waals surface area contributed by atoms with E-state index in [0.717, 1.165) is 12.8 Å². The zero-order valence-electron chi connectivity index (χ0n) is 16.0. The van der Waals surface area contributed by atoms with Crippen molar-refractivity contribution in [3.8, 4) is 0 Å². The van der Waals surface area contributed by atoms with Gasteiger partial charge in [0.05, 0.1) is 0 Å². The number of esters is 2. The van der Waals surface area contributed by atoms with Crippen molar-refractivity contribution in [1.82, 2.24) is 5.32 Å². The molecule has 0 aliphatic heterocycles. The number of carbonyl (C=O) groups is 3. The highest BCUT2D eigenvalue weighted by Crippen LogP contribution is 2.09. The molecule has 0 rings (SSSR count). The quantitative estimate of drug-likeness (QED) is 0.311. The first-order valence-corrected chi connectivity index (χ1v) is 9.11. The van der Waals surface area contributed by atoms with E-state index >= 15 is 0 Å². The largest absolute Gasteiger partial charge is 0.464 e. The summed E-state index contributed by atoms with van der Waals surface area (Å²) in [5.74, 6) is -1.18. The highest BCUT2D eigenvalue weighted by molar-refractivity contribution is 5.73. The van der Waals surface area contributed by atoms with Crippen molar-refractivity contribution >= 4 is 17.8 Å². The Labute approximate surface area is 151 Å². The van der Waals surface area contributed by atoms with Crippen molar-refractivity contribution in [3.05, 3.63) is 12.2 Å². The molecule has 0 aliphatic carbocycles. The van der Waals surface area contributed by atoms with Crippen LogP contribution in [0.15, 0.2) is 12.2 Å². The Hall–Kier alpha value is -1.85. The lowest BCUT2D eigenvalue weighted by molar-refractivity contribution is -0.149. The molecule has 0 saturated carbocycles. The van der Waals surface area contributed by atoms with E-state index < -0.39 is 24.1 Å². The van der Waals surface area contributed by atoms with Crippen LogP contribution in [-0.4, -0.2) is 36.6 Å². The summed E-state index contributed by atoms with van der Waals surface area (Å²) in [6.07, 6.45) is 11.2. The Kier molecular flexibility index (Phi) is 13.4. The molecule has 6 heteroatoms. The third-order valence-electron chi connectivity index (χ3n) is 3.60. The second-order valence-electron chi connectivity index (χ2n) is 6.17. The topological polar surface area (TPSA) is 81.7 Å². The fourth-order valence-corrected chi connectivity index (χ4v) is 2.41. The van der Waals surface area contributed by atoms with E-state index in [9.17, 15) is 14.4 Å². The van der Waals surface area contributed by atoms with E-state index in [2.05, 4.69) is 12.2 Å². The molecule has 6 nitrogen and oxygen atoms in total. The second-order valence-corrected chi connectivity index (χ2v) is 6.17. The number of unbranched alkanes of at least 4 members (excludes halogenated alkanes) is 6. The van der Waals surface area contributed by atoms with Crippen LogP contribution in [0.4, 0.5) is 0 Å². The Morgan fingerprint density at radius 1 is 0.960 bits per heavy atom. The van der Waals surface area contributed by atoms with Gasteiger partial charge in [-0.15, -0.1) is 0 Å². The predicted molar refractivity (Wildman–Crippen MR) is 96.9 cm³/mol. The smallest absolute Gasteiger partial charge is 0.303 e. The molecule has 2 atom stereocenters. The Morgan fingerprint density at radius 3 is 2.16 bits per heavy atom. The van der Waals surface area contributed by atoms with Gasteiger partial charge in [0.1, 0.15) is 18.8 Å². The lowest BCUT2D eigenvalue weighted by atomic mass is 10.1. The van der Waals surface area contributed by atoms with Gasteiger partial charge in [-0.2, -0.15) is 0 Å². The maximum atomic E-state index is 11.4. The average Bonchev–Trinajstić information content (AvgIpc) is 2.52. The van der Waals surface area contributed by atoms with E-state index in [0.29, 0.717) is 0 Å². The van der Waals surface area contributed by atoms with Gasteiger partial charge in [-0.1, -0.05) is 45.1 Å². The molecule has 1 N–H and O–H groups in total. The molecular formula is C19H33NO5. The van der Waals surface area contributed by atoms with Gasteiger partial charge in [-0.3, -0.25) is 14.4 Å². The van der Waals surface area contributed by atoms with Crippen LogP contribution in [0.1, 0.15) is 72.6 Å². The van der Waals surface area contributed by atoms with Crippen LogP contribution in [0, 0.1) is 0 Å². The second kappa shape index (κ2) is 14.5. The maximum absolute atomic E-state index is 11.4. The lowest BCUT2D eigenvalue weighted by Gasteiger charge is -2.24. The first kappa shape index (κ1) is 23.1. The Bertz CT molecular complexity index is 434. The van der Waals surface area contributed by atoms with Gasteiger partial charge in [-0.25, -0.2) is 0 Å². The van der Waals surface area contributed by atoms with Gasteiger partial charge in [-0.05, 0) is 18.9 Å². The fourth-order valence-electron chi connectivity index (χ4n) is 2.41. The number of allylic oxidation sites excluding steroid dienone is 1. The predicted octanol–water partition coefficient (Wildman–Crippen LogP) is 3.29. The molecule has 0 aromatic heterocycles. The molecule has 0 heterocycles. The van der Waals surface area contributed by atoms with Crippen LogP contribution in [0.25, 0.3) is 0 Å². The molecule has 144 valence electrons. The van der Waals surface area contributed by atoms with Crippen LogP contribution < -0.4 is 5.32 Å². The molecule has 0 aliphatic rings. The monoisotopic (exact) mass is 355 g/mol. The van der Waals surface area contributed by atoms with Gasteiger partial charge < -0.3 is 14.8 Å². The Morgan fingerprint density at radius 2 is 1.60 bits per heavy atom. The van der Waals surface area contributed by atoms with Gasteiger partial charge in [0.15, 0.2) is 0 Å². The molecule has 0 aromatic rings. The van der Waals surface area contributed by atoms with Crippen LogP contribution in [-0.2, 0) is 23.9 Å². The van der Waals surface area contributed by atoms with E-state index in [-0.39, 0.29) is 12.5 Å².